The van der Waals surface area contributed by atoms with Gasteiger partial charge in [-0.15, -0.1) is 11.3 Å². The van der Waals surface area contributed by atoms with E-state index in [-0.39, 0.29) is 14.9 Å². The Labute approximate surface area is 172 Å². The van der Waals surface area contributed by atoms with E-state index in [1.165, 1.54) is 5.56 Å². The quantitative estimate of drug-likeness (QED) is 0.640. The SMILES string of the molecule is CC(C)c1ccc(NC(=O)NC2CCN(c3ncnc4sccc34)CC2)cc1.[HH].[HH]. The molecule has 0 unspecified atom stereocenters. The highest BCUT2D eigenvalue weighted by Crippen LogP contribution is 2.28. The van der Waals surface area contributed by atoms with Crippen LogP contribution in [0, 0.1) is 0 Å². The number of fused-ring (bicyclic) bond motifs is 1. The molecule has 1 aliphatic heterocycles. The topological polar surface area (TPSA) is 70.2 Å². The normalized spacial score (nSPS) is 15.2. The first-order valence-corrected chi connectivity index (χ1v) is 10.6. The van der Waals surface area contributed by atoms with Gasteiger partial charge in [0.2, 0.25) is 0 Å². The van der Waals surface area contributed by atoms with Gasteiger partial charge in [0.05, 0.1) is 5.39 Å². The first kappa shape index (κ1) is 18.7. The molecule has 0 spiro atoms. The molecule has 0 aliphatic carbocycles. The number of urea groups is 1. The maximum absolute atomic E-state index is 12.3. The van der Waals surface area contributed by atoms with Gasteiger partial charge < -0.3 is 15.5 Å². The van der Waals surface area contributed by atoms with Gasteiger partial charge in [0.25, 0.3) is 0 Å². The van der Waals surface area contributed by atoms with Gasteiger partial charge in [0.15, 0.2) is 0 Å². The molecule has 1 fully saturated rings. The second kappa shape index (κ2) is 8.14. The minimum atomic E-state index is -0.141. The molecule has 2 amide bonds. The molecular weight excluding hydrogens is 370 g/mol. The summed E-state index contributed by atoms with van der Waals surface area (Å²) in [5.74, 6) is 1.48. The summed E-state index contributed by atoms with van der Waals surface area (Å²) in [7, 11) is 0. The van der Waals surface area contributed by atoms with E-state index in [1.54, 1.807) is 17.7 Å². The minimum absolute atomic E-state index is 0. The summed E-state index contributed by atoms with van der Waals surface area (Å²) in [6, 6.07) is 10.1. The Morgan fingerprint density at radius 1 is 1.18 bits per heavy atom. The molecule has 0 saturated carbocycles. The Hall–Kier alpha value is -2.67. The van der Waals surface area contributed by atoms with E-state index in [0.717, 1.165) is 47.7 Å². The molecule has 1 aliphatic rings. The molecule has 1 saturated heterocycles. The standard InChI is InChI=1S/C21H25N5OS.2H2/c1-14(2)15-3-5-16(6-4-15)24-21(27)25-17-7-10-26(11-8-17)19-18-9-12-28-20(18)23-13-22-19;;/h3-6,9,12-14,17H,7-8,10-11H2,1-2H3,(H2,24,25,27);2*1H. The van der Waals surface area contributed by atoms with E-state index >= 15 is 0 Å². The van der Waals surface area contributed by atoms with E-state index in [1.807, 2.05) is 12.1 Å². The molecule has 1 aromatic carbocycles. The number of carbonyl (C=O) groups excluding carboxylic acids is 1. The number of aromatic nitrogens is 2. The van der Waals surface area contributed by atoms with Crippen molar-refractivity contribution in [2.24, 2.45) is 0 Å². The number of hydrogen-bond donors (Lipinski definition) is 2. The molecule has 6 nitrogen and oxygen atoms in total. The number of anilines is 2. The van der Waals surface area contributed by atoms with Crippen molar-refractivity contribution in [1.29, 1.82) is 0 Å². The highest BCUT2D eigenvalue weighted by Gasteiger charge is 2.23. The fourth-order valence-electron chi connectivity index (χ4n) is 3.57. The number of carbonyl (C=O) groups is 1. The van der Waals surface area contributed by atoms with Crippen LogP contribution in [0.15, 0.2) is 42.0 Å². The Bertz CT molecular complexity index is 955. The summed E-state index contributed by atoms with van der Waals surface area (Å²) in [4.78, 5) is 24.5. The van der Waals surface area contributed by atoms with Crippen LogP contribution in [0.2, 0.25) is 0 Å². The van der Waals surface area contributed by atoms with Gasteiger partial charge in [-0.3, -0.25) is 0 Å². The number of amides is 2. The molecule has 0 atom stereocenters. The smallest absolute Gasteiger partial charge is 0.319 e. The van der Waals surface area contributed by atoms with Gasteiger partial charge in [0.1, 0.15) is 17.0 Å². The lowest BCUT2D eigenvalue weighted by Gasteiger charge is -2.33. The van der Waals surface area contributed by atoms with Crippen LogP contribution >= 0.6 is 11.3 Å². The van der Waals surface area contributed by atoms with Gasteiger partial charge in [-0.25, -0.2) is 14.8 Å². The first-order valence-electron chi connectivity index (χ1n) is 9.71. The lowest BCUT2D eigenvalue weighted by Crippen LogP contribution is -2.46. The van der Waals surface area contributed by atoms with Crippen LogP contribution in [0.1, 0.15) is 41.0 Å². The Balaban J connectivity index is 0.00000160. The second-order valence-electron chi connectivity index (χ2n) is 7.47. The van der Waals surface area contributed by atoms with Crippen LogP contribution in [0.25, 0.3) is 10.2 Å². The van der Waals surface area contributed by atoms with Crippen molar-refractivity contribution in [3.8, 4) is 0 Å². The van der Waals surface area contributed by atoms with Crippen molar-refractivity contribution in [2.45, 2.75) is 38.6 Å². The molecule has 28 heavy (non-hydrogen) atoms. The average Bonchev–Trinajstić information content (AvgIpc) is 3.18. The lowest BCUT2D eigenvalue weighted by molar-refractivity contribution is 0.246. The van der Waals surface area contributed by atoms with Gasteiger partial charge in [0, 0.05) is 27.7 Å². The van der Waals surface area contributed by atoms with Crippen LogP contribution < -0.4 is 15.5 Å². The molecule has 2 aromatic heterocycles. The molecule has 3 aromatic rings. The summed E-state index contributed by atoms with van der Waals surface area (Å²) in [5, 5.41) is 9.20. The maximum Gasteiger partial charge on any atom is 0.319 e. The van der Waals surface area contributed by atoms with E-state index in [0.29, 0.717) is 5.92 Å². The summed E-state index contributed by atoms with van der Waals surface area (Å²) >= 11 is 1.63. The Morgan fingerprint density at radius 2 is 1.93 bits per heavy atom. The van der Waals surface area contributed by atoms with Crippen LogP contribution in [-0.4, -0.2) is 35.1 Å². The van der Waals surface area contributed by atoms with Crippen molar-refractivity contribution in [2.75, 3.05) is 23.3 Å². The number of nitrogens with zero attached hydrogens (tertiary/aromatic N) is 3. The molecule has 7 heteroatoms. The zero-order valence-corrected chi connectivity index (χ0v) is 17.0. The van der Waals surface area contributed by atoms with Crippen molar-refractivity contribution < 1.29 is 7.65 Å². The predicted octanol–water partition coefficient (Wildman–Crippen LogP) is 5.10. The molecule has 0 bridgehead atoms. The average molecular weight is 400 g/mol. The van der Waals surface area contributed by atoms with Crippen LogP contribution in [0.3, 0.4) is 0 Å². The zero-order chi connectivity index (χ0) is 19.5. The number of rotatable bonds is 4. The second-order valence-corrected chi connectivity index (χ2v) is 8.37. The molecule has 2 N–H and O–H groups in total. The third-order valence-corrected chi connectivity index (χ3v) is 6.03. The monoisotopic (exact) mass is 399 g/mol. The van der Waals surface area contributed by atoms with Crippen molar-refractivity contribution in [1.82, 2.24) is 15.3 Å². The fourth-order valence-corrected chi connectivity index (χ4v) is 4.30. The number of thiophene rings is 1. The van der Waals surface area contributed by atoms with E-state index in [2.05, 4.69) is 62.9 Å². The van der Waals surface area contributed by atoms with Crippen LogP contribution in [-0.2, 0) is 0 Å². The summed E-state index contributed by atoms with van der Waals surface area (Å²) in [6.45, 7) is 6.06. The number of benzene rings is 1. The third kappa shape index (κ3) is 4.09. The van der Waals surface area contributed by atoms with Gasteiger partial charge in [-0.1, -0.05) is 26.0 Å². The molecule has 3 heterocycles. The van der Waals surface area contributed by atoms with Crippen molar-refractivity contribution >= 4 is 39.1 Å². The number of hydrogen-bond acceptors (Lipinski definition) is 5. The molecule has 0 radical (unpaired) electrons. The third-order valence-electron chi connectivity index (χ3n) is 5.21. The maximum atomic E-state index is 12.3. The predicted molar refractivity (Wildman–Crippen MR) is 120 cm³/mol. The van der Waals surface area contributed by atoms with Crippen molar-refractivity contribution in [3.63, 3.8) is 0 Å². The van der Waals surface area contributed by atoms with E-state index in [4.69, 9.17) is 0 Å². The zero-order valence-electron chi connectivity index (χ0n) is 16.2. The number of nitrogens with one attached hydrogen (secondary N) is 2. The highest BCUT2D eigenvalue weighted by atomic mass is 32.1. The fraction of sp³-hybridized carbons (Fsp3) is 0.381. The van der Waals surface area contributed by atoms with Crippen LogP contribution in [0.5, 0.6) is 0 Å². The lowest BCUT2D eigenvalue weighted by atomic mass is 10.0. The first-order chi connectivity index (χ1) is 13.6. The van der Waals surface area contributed by atoms with Crippen molar-refractivity contribution in [3.05, 3.63) is 47.6 Å². The van der Waals surface area contributed by atoms with E-state index in [9.17, 15) is 4.79 Å². The minimum Gasteiger partial charge on any atom is -0.356 e. The van der Waals surface area contributed by atoms with Gasteiger partial charge in [-0.2, -0.15) is 0 Å². The Morgan fingerprint density at radius 3 is 2.64 bits per heavy atom. The molecule has 150 valence electrons. The summed E-state index contributed by atoms with van der Waals surface area (Å²) in [5.41, 5.74) is 2.09. The van der Waals surface area contributed by atoms with Crippen LogP contribution in [0.4, 0.5) is 16.3 Å². The van der Waals surface area contributed by atoms with E-state index < -0.39 is 0 Å². The molecular formula is C21H29N5OS. The summed E-state index contributed by atoms with van der Waals surface area (Å²) < 4.78 is 0. The Kier molecular flexibility index (Phi) is 5.43. The molecule has 4 rings (SSSR count). The largest absolute Gasteiger partial charge is 0.356 e. The number of piperidine rings is 1. The highest BCUT2D eigenvalue weighted by molar-refractivity contribution is 7.16. The summed E-state index contributed by atoms with van der Waals surface area (Å²) in [6.07, 6.45) is 3.43. The van der Waals surface area contributed by atoms with Gasteiger partial charge >= 0.3 is 6.03 Å². The van der Waals surface area contributed by atoms with Gasteiger partial charge in [-0.05, 0) is 47.9 Å².